The maximum Gasteiger partial charge on any atom is 0.243 e. The number of hydrogen-bond acceptors (Lipinski definition) is 6. The van der Waals surface area contributed by atoms with Gasteiger partial charge in [-0.2, -0.15) is 4.31 Å². The Morgan fingerprint density at radius 1 is 1.06 bits per heavy atom. The molecule has 2 aromatic carbocycles. The van der Waals surface area contributed by atoms with Gasteiger partial charge in [0, 0.05) is 26.2 Å². The number of nitrogens with zero attached hydrogens (tertiary/aromatic N) is 2. The number of sulfonamides is 1. The Kier molecular flexibility index (Phi) is 8.93. The number of morpholine rings is 1. The van der Waals surface area contributed by atoms with Crippen molar-refractivity contribution >= 4 is 27.3 Å². The van der Waals surface area contributed by atoms with E-state index in [-0.39, 0.29) is 23.8 Å². The summed E-state index contributed by atoms with van der Waals surface area (Å²) in [7, 11) is -3.68. The van der Waals surface area contributed by atoms with Crippen LogP contribution in [0, 0.1) is 13.8 Å². The quantitative estimate of drug-likeness (QED) is 0.549. The predicted octanol–water partition coefficient (Wildman–Crippen LogP) is 3.58. The number of carbonyl (C=O) groups excluding carboxylic acids is 1. The highest BCUT2D eigenvalue weighted by Crippen LogP contribution is 2.30. The molecule has 0 bridgehead atoms. The summed E-state index contributed by atoms with van der Waals surface area (Å²) in [4.78, 5) is 15.0. The molecule has 1 N–H and O–H groups in total. The molecule has 3 rings (SSSR count). The number of carbonyl (C=O) groups is 1. The van der Waals surface area contributed by atoms with Crippen LogP contribution in [0.15, 0.2) is 41.3 Å². The van der Waals surface area contributed by atoms with E-state index < -0.39 is 10.0 Å². The molecule has 0 saturated carbocycles. The van der Waals surface area contributed by atoms with Crippen molar-refractivity contribution in [3.63, 3.8) is 0 Å². The van der Waals surface area contributed by atoms with Crippen LogP contribution in [0.25, 0.3) is 0 Å². The van der Waals surface area contributed by atoms with Crippen LogP contribution in [0.3, 0.4) is 0 Å². The lowest BCUT2D eigenvalue weighted by molar-refractivity contribution is -0.116. The molecule has 34 heavy (non-hydrogen) atoms. The number of rotatable bonds is 10. The first kappa shape index (κ1) is 26.0. The molecule has 186 valence electrons. The zero-order valence-electron chi connectivity index (χ0n) is 20.5. The van der Waals surface area contributed by atoms with Gasteiger partial charge in [0.2, 0.25) is 15.9 Å². The first-order valence-corrected chi connectivity index (χ1v) is 13.2. The Morgan fingerprint density at radius 2 is 1.76 bits per heavy atom. The van der Waals surface area contributed by atoms with E-state index in [9.17, 15) is 13.2 Å². The van der Waals surface area contributed by atoms with Crippen LogP contribution in [0.5, 0.6) is 5.75 Å². The van der Waals surface area contributed by atoms with E-state index in [1.165, 1.54) is 9.87 Å². The monoisotopic (exact) mass is 489 g/mol. The highest BCUT2D eigenvalue weighted by atomic mass is 32.2. The molecule has 1 heterocycles. The molecule has 0 aromatic heterocycles. The Hall–Kier alpha value is -2.62. The van der Waals surface area contributed by atoms with Gasteiger partial charge in [0.1, 0.15) is 5.75 Å². The third-order valence-corrected chi connectivity index (χ3v) is 7.92. The van der Waals surface area contributed by atoms with Gasteiger partial charge in [0.15, 0.2) is 0 Å². The Labute approximate surface area is 202 Å². The average Bonchev–Trinajstić information content (AvgIpc) is 2.83. The summed E-state index contributed by atoms with van der Waals surface area (Å²) >= 11 is 0. The fraction of sp³-hybridized carbons (Fsp3) is 0.480. The molecular weight excluding hydrogens is 454 g/mol. The second-order valence-corrected chi connectivity index (χ2v) is 10.2. The van der Waals surface area contributed by atoms with Gasteiger partial charge >= 0.3 is 0 Å². The van der Waals surface area contributed by atoms with Crippen molar-refractivity contribution in [2.45, 2.75) is 39.0 Å². The smallest absolute Gasteiger partial charge is 0.243 e. The molecule has 0 unspecified atom stereocenters. The Bertz CT molecular complexity index is 1090. The SMILES string of the molecule is CCN(CC)c1ccc(S(=O)(=O)N2CCOCC2)cc1NC(=O)CCOc1ccc(C)c(C)c1. The third kappa shape index (κ3) is 6.28. The van der Waals surface area contributed by atoms with Gasteiger partial charge in [0.05, 0.1) is 42.5 Å². The van der Waals surface area contributed by atoms with Gasteiger partial charge < -0.3 is 19.7 Å². The molecule has 1 amide bonds. The van der Waals surface area contributed by atoms with Crippen LogP contribution >= 0.6 is 0 Å². The fourth-order valence-corrected chi connectivity index (χ4v) is 5.26. The zero-order chi connectivity index (χ0) is 24.7. The Morgan fingerprint density at radius 3 is 2.41 bits per heavy atom. The van der Waals surface area contributed by atoms with E-state index in [0.717, 1.165) is 30.1 Å². The number of amides is 1. The molecule has 1 aliphatic rings. The standard InChI is InChI=1S/C25H35N3O5S/c1-5-27(6-2)24-10-9-22(34(30,31)28-12-15-32-16-13-28)18-23(24)26-25(29)11-14-33-21-8-7-19(3)20(4)17-21/h7-10,17-18H,5-6,11-16H2,1-4H3,(H,26,29). The summed E-state index contributed by atoms with van der Waals surface area (Å²) in [6, 6.07) is 10.8. The van der Waals surface area contributed by atoms with Crippen LogP contribution in [0.1, 0.15) is 31.4 Å². The summed E-state index contributed by atoms with van der Waals surface area (Å²) < 4.78 is 38.8. The minimum Gasteiger partial charge on any atom is -0.493 e. The van der Waals surface area contributed by atoms with Crippen LogP contribution in [0.2, 0.25) is 0 Å². The molecule has 0 spiro atoms. The van der Waals surface area contributed by atoms with Crippen molar-refractivity contribution in [1.82, 2.24) is 4.31 Å². The normalized spacial score (nSPS) is 14.6. The van der Waals surface area contributed by atoms with Crippen molar-refractivity contribution in [3.05, 3.63) is 47.5 Å². The summed E-state index contributed by atoms with van der Waals surface area (Å²) in [6.45, 7) is 11.2. The van der Waals surface area contributed by atoms with Crippen molar-refractivity contribution in [2.24, 2.45) is 0 Å². The number of nitrogens with one attached hydrogen (secondary N) is 1. The van der Waals surface area contributed by atoms with Gasteiger partial charge in [-0.3, -0.25) is 4.79 Å². The van der Waals surface area contributed by atoms with Gasteiger partial charge in [-0.1, -0.05) is 6.07 Å². The van der Waals surface area contributed by atoms with E-state index in [4.69, 9.17) is 9.47 Å². The maximum absolute atomic E-state index is 13.1. The number of aryl methyl sites for hydroxylation is 2. The molecule has 0 aliphatic carbocycles. The molecule has 1 fully saturated rings. The van der Waals surface area contributed by atoms with Crippen molar-refractivity contribution in [3.8, 4) is 5.75 Å². The minimum atomic E-state index is -3.68. The van der Waals surface area contributed by atoms with Crippen molar-refractivity contribution < 1.29 is 22.7 Å². The van der Waals surface area contributed by atoms with Crippen molar-refractivity contribution in [1.29, 1.82) is 0 Å². The molecule has 9 heteroatoms. The minimum absolute atomic E-state index is 0.144. The fourth-order valence-electron chi connectivity index (χ4n) is 3.83. The number of benzene rings is 2. The summed E-state index contributed by atoms with van der Waals surface area (Å²) in [5.41, 5.74) is 3.58. The molecule has 8 nitrogen and oxygen atoms in total. The number of hydrogen-bond donors (Lipinski definition) is 1. The van der Waals surface area contributed by atoms with Gasteiger partial charge in [-0.05, 0) is 69.2 Å². The van der Waals surface area contributed by atoms with Crippen LogP contribution < -0.4 is 15.0 Å². The van der Waals surface area contributed by atoms with Crippen LogP contribution in [0.4, 0.5) is 11.4 Å². The second kappa shape index (κ2) is 11.7. The lowest BCUT2D eigenvalue weighted by atomic mass is 10.1. The summed E-state index contributed by atoms with van der Waals surface area (Å²) in [6.07, 6.45) is 0.144. The highest BCUT2D eigenvalue weighted by molar-refractivity contribution is 7.89. The lowest BCUT2D eigenvalue weighted by Gasteiger charge is -2.28. The number of anilines is 2. The Balaban J connectivity index is 1.76. The maximum atomic E-state index is 13.1. The van der Waals surface area contributed by atoms with Gasteiger partial charge in [0.25, 0.3) is 0 Å². The topological polar surface area (TPSA) is 88.2 Å². The molecule has 1 aliphatic heterocycles. The van der Waals surface area contributed by atoms with Gasteiger partial charge in [-0.15, -0.1) is 0 Å². The first-order valence-electron chi connectivity index (χ1n) is 11.7. The van der Waals surface area contributed by atoms with Crippen molar-refractivity contribution in [2.75, 3.05) is 56.2 Å². The summed E-state index contributed by atoms with van der Waals surface area (Å²) in [5.74, 6) is 0.483. The van der Waals surface area contributed by atoms with Gasteiger partial charge in [-0.25, -0.2) is 8.42 Å². The molecule has 0 atom stereocenters. The van der Waals surface area contributed by atoms with Crippen LogP contribution in [-0.4, -0.2) is 64.6 Å². The summed E-state index contributed by atoms with van der Waals surface area (Å²) in [5, 5.41) is 2.91. The average molecular weight is 490 g/mol. The van der Waals surface area contributed by atoms with Crippen LogP contribution in [-0.2, 0) is 19.6 Å². The highest BCUT2D eigenvalue weighted by Gasteiger charge is 2.27. The third-order valence-electron chi connectivity index (χ3n) is 6.03. The van der Waals surface area contributed by atoms with E-state index in [0.29, 0.717) is 32.0 Å². The largest absolute Gasteiger partial charge is 0.493 e. The van der Waals surface area contributed by atoms with E-state index >= 15 is 0 Å². The number of ether oxygens (including phenoxy) is 2. The second-order valence-electron chi connectivity index (χ2n) is 8.26. The molecule has 0 radical (unpaired) electrons. The zero-order valence-corrected chi connectivity index (χ0v) is 21.3. The molecular formula is C25H35N3O5S. The predicted molar refractivity (Wildman–Crippen MR) is 134 cm³/mol. The molecule has 2 aromatic rings. The van der Waals surface area contributed by atoms with E-state index in [1.54, 1.807) is 18.2 Å². The van der Waals surface area contributed by atoms with E-state index in [2.05, 4.69) is 10.2 Å². The van der Waals surface area contributed by atoms with E-state index in [1.807, 2.05) is 45.9 Å². The first-order chi connectivity index (χ1) is 16.3. The lowest BCUT2D eigenvalue weighted by Crippen LogP contribution is -2.40. The molecule has 1 saturated heterocycles.